The fourth-order valence-electron chi connectivity index (χ4n) is 2.84. The van der Waals surface area contributed by atoms with Crippen LogP contribution in [0.5, 0.6) is 0 Å². The molecule has 4 rings (SSSR count). The highest BCUT2D eigenvalue weighted by molar-refractivity contribution is 7.22. The Morgan fingerprint density at radius 3 is 2.70 bits per heavy atom. The van der Waals surface area contributed by atoms with E-state index in [0.29, 0.717) is 29.0 Å². The lowest BCUT2D eigenvalue weighted by Gasteiger charge is -2.02. The fourth-order valence-corrected chi connectivity index (χ4v) is 3.96. The van der Waals surface area contributed by atoms with Crippen molar-refractivity contribution < 1.29 is 13.9 Å². The molecular weight excluding hydrogens is 382 g/mol. The van der Waals surface area contributed by atoms with E-state index in [9.17, 15) is 4.79 Å². The van der Waals surface area contributed by atoms with Crippen LogP contribution in [0.2, 0.25) is 5.02 Å². The van der Waals surface area contributed by atoms with E-state index >= 15 is 0 Å². The largest absolute Gasteiger partial charge is 0.466 e. The molecule has 136 valence electrons. The minimum absolute atomic E-state index is 0.0314. The Labute approximate surface area is 165 Å². The van der Waals surface area contributed by atoms with Crippen molar-refractivity contribution in [3.05, 3.63) is 65.4 Å². The minimum Gasteiger partial charge on any atom is -0.466 e. The maximum Gasteiger partial charge on any atom is 0.313 e. The van der Waals surface area contributed by atoms with Crippen LogP contribution in [-0.2, 0) is 16.0 Å². The Kier molecular flexibility index (Phi) is 4.97. The number of rotatable bonds is 5. The zero-order chi connectivity index (χ0) is 18.8. The summed E-state index contributed by atoms with van der Waals surface area (Å²) in [4.78, 5) is 17.6. The van der Waals surface area contributed by atoms with Gasteiger partial charge >= 0.3 is 5.97 Å². The predicted molar refractivity (Wildman–Crippen MR) is 108 cm³/mol. The SMILES string of the molecule is CCOC(=O)Cc1oc(-c2cc3ccccc3s2)nc1-c1ccc(Cl)cc1. The molecule has 0 bridgehead atoms. The molecule has 2 heterocycles. The van der Waals surface area contributed by atoms with Gasteiger partial charge in [-0.1, -0.05) is 41.9 Å². The lowest BCUT2D eigenvalue weighted by atomic mass is 10.1. The number of nitrogens with zero attached hydrogens (tertiary/aromatic N) is 1. The van der Waals surface area contributed by atoms with Crippen molar-refractivity contribution >= 4 is 39.0 Å². The quantitative estimate of drug-likeness (QED) is 0.388. The third kappa shape index (κ3) is 3.75. The molecule has 4 aromatic rings. The summed E-state index contributed by atoms with van der Waals surface area (Å²) in [5, 5.41) is 1.77. The van der Waals surface area contributed by atoms with Gasteiger partial charge in [0.2, 0.25) is 5.89 Å². The van der Waals surface area contributed by atoms with Gasteiger partial charge in [0.05, 0.1) is 11.5 Å². The van der Waals surface area contributed by atoms with Gasteiger partial charge in [0.15, 0.2) is 0 Å². The second kappa shape index (κ2) is 7.55. The van der Waals surface area contributed by atoms with Crippen molar-refractivity contribution in [2.45, 2.75) is 13.3 Å². The highest BCUT2D eigenvalue weighted by Gasteiger charge is 2.20. The van der Waals surface area contributed by atoms with Gasteiger partial charge in [-0.25, -0.2) is 4.98 Å². The van der Waals surface area contributed by atoms with Crippen LogP contribution in [0.3, 0.4) is 0 Å². The van der Waals surface area contributed by atoms with E-state index < -0.39 is 0 Å². The summed E-state index contributed by atoms with van der Waals surface area (Å²) in [5.41, 5.74) is 1.47. The molecule has 0 fully saturated rings. The molecule has 0 aliphatic carbocycles. The van der Waals surface area contributed by atoms with E-state index in [1.54, 1.807) is 30.4 Å². The molecule has 0 unspecified atom stereocenters. The smallest absolute Gasteiger partial charge is 0.313 e. The second-order valence-electron chi connectivity index (χ2n) is 5.93. The van der Waals surface area contributed by atoms with Gasteiger partial charge in [-0.15, -0.1) is 11.3 Å². The van der Waals surface area contributed by atoms with Crippen molar-refractivity contribution in [3.63, 3.8) is 0 Å². The number of halogens is 1. The van der Waals surface area contributed by atoms with Crippen LogP contribution in [0.25, 0.3) is 32.1 Å². The predicted octanol–water partition coefficient (Wildman–Crippen LogP) is 5.98. The molecule has 27 heavy (non-hydrogen) atoms. The topological polar surface area (TPSA) is 52.3 Å². The zero-order valence-electron chi connectivity index (χ0n) is 14.6. The molecule has 0 atom stereocenters. The molecule has 0 N–H and O–H groups in total. The van der Waals surface area contributed by atoms with Crippen LogP contribution < -0.4 is 0 Å². The molecule has 2 aromatic heterocycles. The molecule has 0 saturated carbocycles. The molecule has 0 aliphatic rings. The number of esters is 1. The summed E-state index contributed by atoms with van der Waals surface area (Å²) in [7, 11) is 0. The van der Waals surface area contributed by atoms with Crippen LogP contribution in [0.15, 0.2) is 59.0 Å². The average molecular weight is 398 g/mol. The molecule has 0 aliphatic heterocycles. The Balaban J connectivity index is 1.78. The van der Waals surface area contributed by atoms with Gasteiger partial charge in [0, 0.05) is 15.3 Å². The molecule has 2 aromatic carbocycles. The van der Waals surface area contributed by atoms with Gasteiger partial charge in [0.1, 0.15) is 17.9 Å². The Morgan fingerprint density at radius 1 is 1.19 bits per heavy atom. The number of aromatic nitrogens is 1. The van der Waals surface area contributed by atoms with E-state index in [0.717, 1.165) is 20.5 Å². The highest BCUT2D eigenvalue weighted by atomic mass is 35.5. The van der Waals surface area contributed by atoms with E-state index in [4.69, 9.17) is 20.8 Å². The van der Waals surface area contributed by atoms with Crippen molar-refractivity contribution in [2.75, 3.05) is 6.61 Å². The Hall–Kier alpha value is -2.63. The monoisotopic (exact) mass is 397 g/mol. The first-order chi connectivity index (χ1) is 13.1. The molecule has 0 amide bonds. The standard InChI is InChI=1S/C21H16ClNO3S/c1-2-25-19(24)12-16-20(13-7-9-15(22)10-8-13)23-21(26-16)18-11-14-5-3-4-6-17(14)27-18/h3-11H,2,12H2,1H3. The summed E-state index contributed by atoms with van der Waals surface area (Å²) >= 11 is 7.60. The van der Waals surface area contributed by atoms with E-state index in [1.165, 1.54) is 0 Å². The van der Waals surface area contributed by atoms with Crippen LogP contribution >= 0.6 is 22.9 Å². The number of hydrogen-bond donors (Lipinski definition) is 0. The Bertz CT molecular complexity index is 1070. The number of carbonyl (C=O) groups excluding carboxylic acids is 1. The molecule has 0 radical (unpaired) electrons. The number of fused-ring (bicyclic) bond motifs is 1. The number of carbonyl (C=O) groups is 1. The summed E-state index contributed by atoms with van der Waals surface area (Å²) in [6.07, 6.45) is 0.0314. The first-order valence-corrected chi connectivity index (χ1v) is 9.73. The second-order valence-corrected chi connectivity index (χ2v) is 7.45. The molecule has 6 heteroatoms. The highest BCUT2D eigenvalue weighted by Crippen LogP contribution is 2.36. The summed E-state index contributed by atoms with van der Waals surface area (Å²) in [6.45, 7) is 2.10. The third-order valence-corrected chi connectivity index (χ3v) is 5.42. The number of ether oxygens (including phenoxy) is 1. The normalized spacial score (nSPS) is 11.0. The Morgan fingerprint density at radius 2 is 1.96 bits per heavy atom. The van der Waals surface area contributed by atoms with Crippen molar-refractivity contribution in [1.29, 1.82) is 0 Å². The number of benzene rings is 2. The van der Waals surface area contributed by atoms with Crippen molar-refractivity contribution in [2.24, 2.45) is 0 Å². The lowest BCUT2D eigenvalue weighted by molar-refractivity contribution is -0.142. The van der Waals surface area contributed by atoms with Gasteiger partial charge < -0.3 is 9.15 Å². The molecule has 0 spiro atoms. The number of hydrogen-bond acceptors (Lipinski definition) is 5. The minimum atomic E-state index is -0.341. The maximum absolute atomic E-state index is 12.0. The molecule has 4 nitrogen and oxygen atoms in total. The van der Waals surface area contributed by atoms with E-state index in [1.807, 2.05) is 30.3 Å². The van der Waals surface area contributed by atoms with Gasteiger partial charge in [-0.2, -0.15) is 0 Å². The lowest BCUT2D eigenvalue weighted by Crippen LogP contribution is -2.07. The summed E-state index contributed by atoms with van der Waals surface area (Å²) in [6, 6.07) is 17.5. The fraction of sp³-hybridized carbons (Fsp3) is 0.143. The summed E-state index contributed by atoms with van der Waals surface area (Å²) in [5.74, 6) is 0.649. The van der Waals surface area contributed by atoms with Gasteiger partial charge in [-0.05, 0) is 36.6 Å². The molecular formula is C21H16ClNO3S. The first-order valence-electron chi connectivity index (χ1n) is 8.54. The first kappa shape index (κ1) is 17.8. The van der Waals surface area contributed by atoms with Crippen LogP contribution in [0.4, 0.5) is 0 Å². The molecule has 0 saturated heterocycles. The van der Waals surface area contributed by atoms with Crippen LogP contribution in [0.1, 0.15) is 12.7 Å². The van der Waals surface area contributed by atoms with Crippen molar-refractivity contribution in [1.82, 2.24) is 4.98 Å². The summed E-state index contributed by atoms with van der Waals surface area (Å²) < 4.78 is 12.2. The average Bonchev–Trinajstić information content (AvgIpc) is 3.26. The van der Waals surface area contributed by atoms with Crippen LogP contribution in [0, 0.1) is 0 Å². The third-order valence-electron chi connectivity index (χ3n) is 4.06. The van der Waals surface area contributed by atoms with E-state index in [2.05, 4.69) is 17.1 Å². The maximum atomic E-state index is 12.0. The zero-order valence-corrected chi connectivity index (χ0v) is 16.1. The number of thiophene rings is 1. The van der Waals surface area contributed by atoms with Crippen molar-refractivity contribution in [3.8, 4) is 22.0 Å². The van der Waals surface area contributed by atoms with E-state index in [-0.39, 0.29) is 12.4 Å². The van der Waals surface area contributed by atoms with Gasteiger partial charge in [0.25, 0.3) is 0 Å². The van der Waals surface area contributed by atoms with Crippen LogP contribution in [-0.4, -0.2) is 17.6 Å². The van der Waals surface area contributed by atoms with Gasteiger partial charge in [-0.3, -0.25) is 4.79 Å². The number of oxazole rings is 1.